The maximum atomic E-state index is 6.72. The molecule has 3 heteroatoms. The summed E-state index contributed by atoms with van der Waals surface area (Å²) < 4.78 is 5.04. The summed E-state index contributed by atoms with van der Waals surface area (Å²) in [5.41, 5.74) is 0. The molecule has 0 amide bonds. The minimum absolute atomic E-state index is 0.742. The highest BCUT2D eigenvalue weighted by molar-refractivity contribution is 5.50. The van der Waals surface area contributed by atoms with Crippen LogP contribution in [0.2, 0.25) is 0 Å². The smallest absolute Gasteiger partial charge is 0.164 e. The molecule has 8 heavy (non-hydrogen) atoms. The summed E-state index contributed by atoms with van der Waals surface area (Å²) in [6, 6.07) is 0. The fourth-order valence-corrected chi connectivity index (χ4v) is 0.675. The number of ether oxygens (including phenoxy) is 1. The number of rotatable bonds is 1. The summed E-state index contributed by atoms with van der Waals surface area (Å²) in [5.74, 6) is 0. The molecule has 0 saturated carbocycles. The van der Waals surface area contributed by atoms with Crippen LogP contribution in [0.15, 0.2) is 0 Å². The largest absolute Gasteiger partial charge is 0.378 e. The highest BCUT2D eigenvalue weighted by Gasteiger charge is 2.04. The normalized spacial score (nSPS) is 20.8. The quantitative estimate of drug-likeness (QED) is 0.377. The molecule has 45 valence electrons. The molecule has 1 aliphatic rings. The molecule has 0 bridgehead atoms. The third-order valence-corrected chi connectivity index (χ3v) is 1.17. The van der Waals surface area contributed by atoms with E-state index >= 15 is 0 Å². The predicted octanol–water partition coefficient (Wildman–Crippen LogP) is -0.197. The van der Waals surface area contributed by atoms with Gasteiger partial charge in [0.05, 0.1) is 13.2 Å². The minimum atomic E-state index is 0.742. The van der Waals surface area contributed by atoms with Crippen molar-refractivity contribution in [1.82, 2.24) is 4.90 Å². The van der Waals surface area contributed by atoms with Crippen molar-refractivity contribution in [2.24, 2.45) is 0 Å². The first-order valence-electron chi connectivity index (χ1n) is 2.68. The van der Waals surface area contributed by atoms with Crippen LogP contribution in [0.1, 0.15) is 0 Å². The third-order valence-electron chi connectivity index (χ3n) is 1.17. The van der Waals surface area contributed by atoms with Crippen LogP contribution >= 0.6 is 0 Å². The SMILES string of the molecule is N=[C]N1CCOCC1. The second-order valence-electron chi connectivity index (χ2n) is 1.71. The lowest BCUT2D eigenvalue weighted by Crippen LogP contribution is -2.34. The van der Waals surface area contributed by atoms with Crippen molar-refractivity contribution in [2.75, 3.05) is 26.3 Å². The monoisotopic (exact) mass is 113 g/mol. The van der Waals surface area contributed by atoms with Crippen LogP contribution in [0.5, 0.6) is 0 Å². The molecule has 1 rings (SSSR count). The Hall–Kier alpha value is -0.570. The van der Waals surface area contributed by atoms with Crippen molar-refractivity contribution in [3.63, 3.8) is 0 Å². The van der Waals surface area contributed by atoms with Crippen LogP contribution in [0.25, 0.3) is 0 Å². The topological polar surface area (TPSA) is 36.3 Å². The van der Waals surface area contributed by atoms with Gasteiger partial charge in [-0.25, -0.2) is 0 Å². The van der Waals surface area contributed by atoms with Gasteiger partial charge in [0.1, 0.15) is 0 Å². The molecular weight excluding hydrogens is 104 g/mol. The van der Waals surface area contributed by atoms with E-state index in [9.17, 15) is 0 Å². The number of nitrogens with one attached hydrogen (secondary N) is 1. The molecule has 0 unspecified atom stereocenters. The Morgan fingerprint density at radius 3 is 2.38 bits per heavy atom. The van der Waals surface area contributed by atoms with Crippen molar-refractivity contribution >= 4 is 6.34 Å². The van der Waals surface area contributed by atoms with Crippen molar-refractivity contribution in [2.45, 2.75) is 0 Å². The fourth-order valence-electron chi connectivity index (χ4n) is 0.675. The Bertz CT molecular complexity index is 78.5. The van der Waals surface area contributed by atoms with E-state index in [4.69, 9.17) is 10.1 Å². The molecule has 1 heterocycles. The van der Waals surface area contributed by atoms with Crippen LogP contribution in [-0.2, 0) is 4.74 Å². The van der Waals surface area contributed by atoms with Gasteiger partial charge in [0.25, 0.3) is 0 Å². The van der Waals surface area contributed by atoms with Gasteiger partial charge in [-0.2, -0.15) is 0 Å². The van der Waals surface area contributed by atoms with E-state index in [0.29, 0.717) is 0 Å². The highest BCUT2D eigenvalue weighted by Crippen LogP contribution is 1.90. The zero-order valence-corrected chi connectivity index (χ0v) is 4.68. The average Bonchev–Trinajstić information content (AvgIpc) is 1.90. The van der Waals surface area contributed by atoms with Crippen molar-refractivity contribution in [3.05, 3.63) is 0 Å². The van der Waals surface area contributed by atoms with Crippen LogP contribution < -0.4 is 0 Å². The Balaban J connectivity index is 2.22. The van der Waals surface area contributed by atoms with Gasteiger partial charge in [-0.05, 0) is 0 Å². The summed E-state index contributed by atoms with van der Waals surface area (Å²) in [6.45, 7) is 3.13. The second kappa shape index (κ2) is 2.67. The molecular formula is C5H9N2O. The predicted molar refractivity (Wildman–Crippen MR) is 30.1 cm³/mol. The molecule has 3 nitrogen and oxygen atoms in total. The number of morpholine rings is 1. The highest BCUT2D eigenvalue weighted by atomic mass is 16.5. The summed E-state index contributed by atoms with van der Waals surface area (Å²) >= 11 is 0. The van der Waals surface area contributed by atoms with Gasteiger partial charge in [-0.15, -0.1) is 0 Å². The van der Waals surface area contributed by atoms with E-state index in [-0.39, 0.29) is 0 Å². The van der Waals surface area contributed by atoms with Crippen molar-refractivity contribution in [3.8, 4) is 0 Å². The Morgan fingerprint density at radius 1 is 1.38 bits per heavy atom. The first-order chi connectivity index (χ1) is 3.93. The molecule has 0 spiro atoms. The lowest BCUT2D eigenvalue weighted by molar-refractivity contribution is 0.0698. The molecule has 1 aliphatic heterocycles. The van der Waals surface area contributed by atoms with Gasteiger partial charge in [-0.3, -0.25) is 5.41 Å². The lowest BCUT2D eigenvalue weighted by Gasteiger charge is -2.22. The fraction of sp³-hybridized carbons (Fsp3) is 0.800. The first kappa shape index (κ1) is 5.56. The van der Waals surface area contributed by atoms with E-state index in [2.05, 4.69) is 6.34 Å². The van der Waals surface area contributed by atoms with E-state index in [1.165, 1.54) is 0 Å². The van der Waals surface area contributed by atoms with Crippen LogP contribution in [0, 0.1) is 5.41 Å². The maximum absolute atomic E-state index is 6.72. The van der Waals surface area contributed by atoms with Crippen molar-refractivity contribution < 1.29 is 4.74 Å². The molecule has 1 N–H and O–H groups in total. The van der Waals surface area contributed by atoms with Crippen LogP contribution in [-0.4, -0.2) is 37.5 Å². The average molecular weight is 113 g/mol. The summed E-state index contributed by atoms with van der Waals surface area (Å²) in [5, 5.41) is 6.72. The Kier molecular flexibility index (Phi) is 1.86. The number of nitrogens with zero attached hydrogens (tertiary/aromatic N) is 1. The molecule has 0 aromatic rings. The van der Waals surface area contributed by atoms with Gasteiger partial charge in [-0.1, -0.05) is 0 Å². The van der Waals surface area contributed by atoms with E-state index in [1.54, 1.807) is 0 Å². The zero-order valence-electron chi connectivity index (χ0n) is 4.68. The third kappa shape index (κ3) is 1.20. The standard InChI is InChI=1S/C5H9N2O/c6-5-7-1-3-8-4-2-7/h6H,1-4H2. The number of hydrogen-bond donors (Lipinski definition) is 1. The minimum Gasteiger partial charge on any atom is -0.378 e. The van der Waals surface area contributed by atoms with E-state index in [0.717, 1.165) is 26.3 Å². The Labute approximate surface area is 48.8 Å². The number of hydrogen-bond acceptors (Lipinski definition) is 2. The van der Waals surface area contributed by atoms with Gasteiger partial charge in [0.2, 0.25) is 0 Å². The molecule has 1 saturated heterocycles. The molecule has 0 aromatic carbocycles. The maximum Gasteiger partial charge on any atom is 0.164 e. The van der Waals surface area contributed by atoms with Gasteiger partial charge >= 0.3 is 0 Å². The Morgan fingerprint density at radius 2 is 2.00 bits per heavy atom. The molecule has 0 aromatic heterocycles. The molecule has 0 atom stereocenters. The molecule has 0 aliphatic carbocycles. The lowest BCUT2D eigenvalue weighted by atomic mass is 10.5. The van der Waals surface area contributed by atoms with Gasteiger partial charge in [0, 0.05) is 13.1 Å². The first-order valence-corrected chi connectivity index (χ1v) is 2.68. The van der Waals surface area contributed by atoms with E-state index in [1.807, 2.05) is 4.90 Å². The van der Waals surface area contributed by atoms with Gasteiger partial charge < -0.3 is 9.64 Å². The molecule has 1 fully saturated rings. The van der Waals surface area contributed by atoms with E-state index < -0.39 is 0 Å². The second-order valence-corrected chi connectivity index (χ2v) is 1.71. The summed E-state index contributed by atoms with van der Waals surface area (Å²) in [4.78, 5) is 1.81. The summed E-state index contributed by atoms with van der Waals surface area (Å²) in [6.07, 6.45) is 2.31. The summed E-state index contributed by atoms with van der Waals surface area (Å²) in [7, 11) is 0. The zero-order chi connectivity index (χ0) is 5.82. The molecule has 1 radical (unpaired) electrons. The van der Waals surface area contributed by atoms with Gasteiger partial charge in [0.15, 0.2) is 6.34 Å². The van der Waals surface area contributed by atoms with Crippen LogP contribution in [0.3, 0.4) is 0 Å². The van der Waals surface area contributed by atoms with Crippen LogP contribution in [0.4, 0.5) is 0 Å². The van der Waals surface area contributed by atoms with Crippen molar-refractivity contribution in [1.29, 1.82) is 5.41 Å².